The van der Waals surface area contributed by atoms with Crippen molar-refractivity contribution in [3.8, 4) is 0 Å². The van der Waals surface area contributed by atoms with Crippen LogP contribution in [0.4, 0.5) is 0 Å². The Labute approximate surface area is 176 Å². The Balaban J connectivity index is 5.70. The summed E-state index contributed by atoms with van der Waals surface area (Å²) >= 11 is 18.6. The summed E-state index contributed by atoms with van der Waals surface area (Å²) in [6, 6.07) is 6.98. The van der Waals surface area contributed by atoms with Crippen LogP contribution in [0.3, 0.4) is 0 Å². The Kier molecular flexibility index (Phi) is 15.5. The molecule has 1 unspecified atom stereocenters. The van der Waals surface area contributed by atoms with Gasteiger partial charge in [0.05, 0.1) is 5.38 Å². The summed E-state index contributed by atoms with van der Waals surface area (Å²) in [5.41, 5.74) is 0. The first-order chi connectivity index (χ1) is 11.8. The van der Waals surface area contributed by atoms with Crippen molar-refractivity contribution in [3.63, 3.8) is 0 Å². The van der Waals surface area contributed by atoms with Crippen LogP contribution in [0.25, 0.3) is 0 Å². The second-order valence-corrected chi connectivity index (χ2v) is 21.4. The minimum absolute atomic E-state index is 0.398. The van der Waals surface area contributed by atoms with Gasteiger partial charge in [0, 0.05) is 6.04 Å². The minimum atomic E-state index is -2.85. The zero-order valence-corrected chi connectivity index (χ0v) is 23.4. The average Bonchev–Trinajstić information content (AvgIpc) is 2.61. The maximum Gasteiger partial charge on any atom is 0.470 e. The molecule has 0 saturated heterocycles. The summed E-state index contributed by atoms with van der Waals surface area (Å²) in [7, 11) is -6.93. The maximum atomic E-state index is 6.73. The third-order valence-corrected chi connectivity index (χ3v) is 20.7. The van der Waals surface area contributed by atoms with Gasteiger partial charge in [0.2, 0.25) is 0 Å². The Morgan fingerprint density at radius 3 is 1.12 bits per heavy atom. The first-order valence-corrected chi connectivity index (χ1v) is 19.3. The van der Waals surface area contributed by atoms with Crippen LogP contribution in [-0.2, 0) is 12.3 Å². The first kappa shape index (κ1) is 26.6. The molecule has 0 saturated carbocycles. The van der Waals surface area contributed by atoms with E-state index in [1.165, 1.54) is 0 Å². The van der Waals surface area contributed by atoms with Crippen LogP contribution in [0, 0.1) is 0 Å². The van der Waals surface area contributed by atoms with Crippen molar-refractivity contribution in [1.29, 1.82) is 0 Å². The average molecular weight is 484 g/mol. The van der Waals surface area contributed by atoms with Crippen LogP contribution >= 0.6 is 34.8 Å². The van der Waals surface area contributed by atoms with E-state index in [1.54, 1.807) is 0 Å². The van der Waals surface area contributed by atoms with Crippen molar-refractivity contribution in [2.45, 2.75) is 94.1 Å². The van der Waals surface area contributed by atoms with E-state index in [0.717, 1.165) is 36.3 Å². The van der Waals surface area contributed by atoms with Gasteiger partial charge < -0.3 is 12.3 Å². The molecular formula is C15H37Cl3O3Si4. The maximum absolute atomic E-state index is 6.73. The van der Waals surface area contributed by atoms with Crippen LogP contribution in [0.1, 0.15) is 41.5 Å². The zero-order chi connectivity index (χ0) is 19.5. The standard InChI is InChI=1S/C15H37Cl3O3Si4/c1-7-22(8-2)19-25(13-14(16)15(17)18,20-23(9-3)10-4)21-24(11-5)12-6/h14-15,22-24H,7-13H2,1-6H3. The number of hydrogen-bond acceptors (Lipinski definition) is 3. The molecule has 0 rings (SSSR count). The van der Waals surface area contributed by atoms with Gasteiger partial charge in [-0.05, 0) is 36.3 Å². The highest BCUT2D eigenvalue weighted by Crippen LogP contribution is 2.31. The molecule has 0 spiro atoms. The van der Waals surface area contributed by atoms with Crippen molar-refractivity contribution in [1.82, 2.24) is 0 Å². The number of halogens is 3. The highest BCUT2D eigenvalue weighted by Gasteiger charge is 2.47. The fourth-order valence-corrected chi connectivity index (χ4v) is 19.6. The van der Waals surface area contributed by atoms with Gasteiger partial charge in [0.1, 0.15) is 4.84 Å². The zero-order valence-electron chi connectivity index (χ0n) is 16.7. The number of rotatable bonds is 15. The van der Waals surface area contributed by atoms with Gasteiger partial charge in [-0.15, -0.1) is 34.8 Å². The van der Waals surface area contributed by atoms with Gasteiger partial charge in [-0.3, -0.25) is 0 Å². The van der Waals surface area contributed by atoms with Crippen molar-refractivity contribution >= 4 is 70.7 Å². The minimum Gasteiger partial charge on any atom is -0.419 e. The van der Waals surface area contributed by atoms with Gasteiger partial charge in [0.25, 0.3) is 0 Å². The van der Waals surface area contributed by atoms with Crippen LogP contribution in [0.2, 0.25) is 42.3 Å². The summed E-state index contributed by atoms with van der Waals surface area (Å²) in [6.45, 7) is 13.2. The summed E-state index contributed by atoms with van der Waals surface area (Å²) in [4.78, 5) is -0.639. The second-order valence-electron chi connectivity index (χ2n) is 6.41. The summed E-state index contributed by atoms with van der Waals surface area (Å²) < 4.78 is 20.2. The molecule has 0 radical (unpaired) electrons. The molecule has 0 aromatic heterocycles. The summed E-state index contributed by atoms with van der Waals surface area (Å²) in [5.74, 6) is 0. The predicted octanol–water partition coefficient (Wildman–Crippen LogP) is 5.68. The van der Waals surface area contributed by atoms with E-state index in [2.05, 4.69) is 41.5 Å². The molecule has 10 heteroatoms. The van der Waals surface area contributed by atoms with E-state index >= 15 is 0 Å². The number of alkyl halides is 3. The van der Waals surface area contributed by atoms with E-state index in [0.29, 0.717) is 6.04 Å². The Morgan fingerprint density at radius 1 is 0.640 bits per heavy atom. The van der Waals surface area contributed by atoms with Crippen molar-refractivity contribution in [2.75, 3.05) is 0 Å². The highest BCUT2D eigenvalue weighted by molar-refractivity contribution is 6.81. The molecule has 0 aliphatic carbocycles. The number of hydrogen-bond donors (Lipinski definition) is 0. The first-order valence-electron chi connectivity index (χ1n) is 9.76. The van der Waals surface area contributed by atoms with Crippen LogP contribution in [0.5, 0.6) is 0 Å². The van der Waals surface area contributed by atoms with Gasteiger partial charge in [-0.2, -0.15) is 0 Å². The predicted molar refractivity (Wildman–Crippen MR) is 123 cm³/mol. The lowest BCUT2D eigenvalue weighted by Gasteiger charge is -2.39. The molecule has 152 valence electrons. The molecule has 0 aliphatic heterocycles. The molecule has 3 nitrogen and oxygen atoms in total. The van der Waals surface area contributed by atoms with Gasteiger partial charge in [0.15, 0.2) is 27.1 Å². The molecule has 0 heterocycles. The topological polar surface area (TPSA) is 27.7 Å². The van der Waals surface area contributed by atoms with E-state index < -0.39 is 46.1 Å². The SMILES string of the molecule is CC[SiH](CC)O[Si](CC(Cl)C(Cl)Cl)(O[SiH](CC)CC)O[SiH](CC)CC. The molecule has 0 N–H and O–H groups in total. The molecule has 0 bridgehead atoms. The third-order valence-electron chi connectivity index (χ3n) is 4.49. The second kappa shape index (κ2) is 14.6. The van der Waals surface area contributed by atoms with Gasteiger partial charge in [-0.25, -0.2) is 0 Å². The Hall–Kier alpha value is 1.62. The lowest BCUT2D eigenvalue weighted by molar-refractivity contribution is 0.260. The van der Waals surface area contributed by atoms with E-state index in [1.807, 2.05) is 0 Å². The largest absolute Gasteiger partial charge is 0.470 e. The van der Waals surface area contributed by atoms with Gasteiger partial charge in [-0.1, -0.05) is 41.5 Å². The van der Waals surface area contributed by atoms with Crippen molar-refractivity contribution in [3.05, 3.63) is 0 Å². The quantitative estimate of drug-likeness (QED) is 0.221. The fraction of sp³-hybridized carbons (Fsp3) is 1.00. The fourth-order valence-electron chi connectivity index (χ4n) is 2.68. The lowest BCUT2D eigenvalue weighted by atomic mass is 10.5. The molecule has 0 fully saturated rings. The monoisotopic (exact) mass is 482 g/mol. The molecule has 0 aliphatic rings. The molecule has 0 aromatic rings. The smallest absolute Gasteiger partial charge is 0.419 e. The molecule has 0 amide bonds. The third kappa shape index (κ3) is 10.1. The Morgan fingerprint density at radius 2 is 0.920 bits per heavy atom. The normalized spacial score (nSPS) is 14.3. The Bertz CT molecular complexity index is 286. The van der Waals surface area contributed by atoms with Crippen molar-refractivity contribution in [2.24, 2.45) is 0 Å². The lowest BCUT2D eigenvalue weighted by Crippen LogP contribution is -2.56. The molecule has 0 aromatic carbocycles. The van der Waals surface area contributed by atoms with Crippen LogP contribution in [-0.4, -0.2) is 46.1 Å². The molecular weight excluding hydrogens is 447 g/mol. The van der Waals surface area contributed by atoms with Crippen molar-refractivity contribution < 1.29 is 12.3 Å². The highest BCUT2D eigenvalue weighted by atomic mass is 35.5. The summed E-state index contributed by atoms with van der Waals surface area (Å²) in [6.07, 6.45) is 0. The van der Waals surface area contributed by atoms with E-state index in [9.17, 15) is 0 Å². The summed E-state index contributed by atoms with van der Waals surface area (Å²) in [5, 5.41) is -0.398. The molecule has 1 atom stereocenters. The van der Waals surface area contributed by atoms with Crippen LogP contribution < -0.4 is 0 Å². The van der Waals surface area contributed by atoms with Gasteiger partial charge >= 0.3 is 8.80 Å². The van der Waals surface area contributed by atoms with Crippen LogP contribution in [0.15, 0.2) is 0 Å². The van der Waals surface area contributed by atoms with E-state index in [4.69, 9.17) is 47.1 Å². The van der Waals surface area contributed by atoms with E-state index in [-0.39, 0.29) is 0 Å². The molecule has 25 heavy (non-hydrogen) atoms.